The molecule has 0 aliphatic heterocycles. The van der Waals surface area contributed by atoms with Crippen molar-refractivity contribution in [3.05, 3.63) is 238 Å². The number of aryl methyl sites for hydroxylation is 10. The smallest absolute Gasteiger partial charge is 0.0962 e. The summed E-state index contributed by atoms with van der Waals surface area (Å²) in [5.74, 6) is 0. The lowest BCUT2D eigenvalue weighted by atomic mass is 9.91. The van der Waals surface area contributed by atoms with Gasteiger partial charge in [0.05, 0.1) is 78.1 Å². The van der Waals surface area contributed by atoms with Crippen LogP contribution in [0.25, 0.3) is 132 Å². The van der Waals surface area contributed by atoms with Crippen LogP contribution in [0.1, 0.15) is 55.9 Å². The molecule has 9 aromatic carbocycles. The molecule has 6 heteroatoms. The van der Waals surface area contributed by atoms with Gasteiger partial charge in [-0.25, -0.2) is 0 Å². The van der Waals surface area contributed by atoms with Crippen LogP contribution in [0.15, 0.2) is 182 Å². The fraction of sp³-hybridized carbons (Fsp3) is 0.135. The van der Waals surface area contributed by atoms with Gasteiger partial charge in [-0.2, -0.15) is 0 Å². The molecule has 0 N–H and O–H groups in total. The van der Waals surface area contributed by atoms with E-state index in [1.54, 1.807) is 0 Å². The van der Waals surface area contributed by atoms with Gasteiger partial charge in [0.1, 0.15) is 0 Å². The Morgan fingerprint density at radius 2 is 0.537 bits per heavy atom. The molecule has 0 unspecified atom stereocenters. The van der Waals surface area contributed by atoms with E-state index < -0.39 is 0 Å². The molecule has 0 radical (unpaired) electrons. The van der Waals surface area contributed by atoms with Gasteiger partial charge < -0.3 is 18.3 Å². The molecule has 6 nitrogen and oxygen atoms in total. The van der Waals surface area contributed by atoms with Crippen molar-refractivity contribution in [3.63, 3.8) is 0 Å². The van der Waals surface area contributed by atoms with Crippen LogP contribution in [0, 0.1) is 69.2 Å². The van der Waals surface area contributed by atoms with Crippen LogP contribution in [0.4, 0.5) is 0 Å². The fourth-order valence-corrected chi connectivity index (χ4v) is 13.5. The third-order valence-corrected chi connectivity index (χ3v) is 16.9. The van der Waals surface area contributed by atoms with Crippen molar-refractivity contribution in [1.29, 1.82) is 0 Å². The third kappa shape index (κ3) is 7.04. The maximum atomic E-state index is 5.56. The number of aromatic nitrogens is 6. The van der Waals surface area contributed by atoms with Crippen LogP contribution in [0.2, 0.25) is 0 Å². The minimum atomic E-state index is 0.860. The van der Waals surface area contributed by atoms with Gasteiger partial charge in [0.15, 0.2) is 0 Å². The summed E-state index contributed by atoms with van der Waals surface area (Å²) in [6.45, 7) is 22.0. The van der Waals surface area contributed by atoms with Crippen molar-refractivity contribution in [1.82, 2.24) is 28.2 Å². The summed E-state index contributed by atoms with van der Waals surface area (Å²) in [5, 5.41) is 9.64. The molecule has 0 saturated carbocycles. The molecule has 15 rings (SSSR count). The van der Waals surface area contributed by atoms with E-state index in [9.17, 15) is 0 Å². The molecular formula is C74H60N6. The molecule has 6 heterocycles. The minimum absolute atomic E-state index is 0.860. The molecule has 15 aromatic rings. The lowest BCUT2D eigenvalue weighted by Gasteiger charge is -2.31. The fourth-order valence-electron chi connectivity index (χ4n) is 13.5. The highest BCUT2D eigenvalue weighted by Gasteiger charge is 2.36. The van der Waals surface area contributed by atoms with Gasteiger partial charge in [-0.15, -0.1) is 0 Å². The lowest BCUT2D eigenvalue weighted by molar-refractivity contribution is 1.03. The average Bonchev–Trinajstić information content (AvgIpc) is 4.12. The first-order chi connectivity index (χ1) is 38.8. The molecule has 386 valence electrons. The van der Waals surface area contributed by atoms with Gasteiger partial charge in [0.25, 0.3) is 0 Å². The van der Waals surface area contributed by atoms with E-state index in [2.05, 4.69) is 257 Å². The largest absolute Gasteiger partial charge is 0.308 e. The van der Waals surface area contributed by atoms with Crippen molar-refractivity contribution < 1.29 is 0 Å². The van der Waals surface area contributed by atoms with Crippen molar-refractivity contribution in [2.24, 2.45) is 0 Å². The van der Waals surface area contributed by atoms with Gasteiger partial charge in [0, 0.05) is 66.2 Å². The second-order valence-electron chi connectivity index (χ2n) is 23.0. The molecule has 0 atom stereocenters. The first-order valence-electron chi connectivity index (χ1n) is 28.0. The molecule has 0 spiro atoms. The van der Waals surface area contributed by atoms with Crippen molar-refractivity contribution in [2.75, 3.05) is 0 Å². The first kappa shape index (κ1) is 47.7. The molecule has 0 fully saturated rings. The summed E-state index contributed by atoms with van der Waals surface area (Å²) >= 11 is 0. The van der Waals surface area contributed by atoms with Crippen molar-refractivity contribution in [2.45, 2.75) is 69.2 Å². The standard InChI is InChI=1S/C74H60N6/c1-41-14-22-61-52(31-41)53-32-42(2)15-23-62(53)77(61)71-69(51-39-49(9)76-50(10)40-51)72(78-63-24-16-43(3)33-54(63)55-34-44(4)17-25-64(55)78)74(80-67-28-20-47(7)37-58(67)59-38-48(8)21-29-68(59)80)73(70(71)60-13-11-12-30-75-60)79-65-26-18-45(5)35-56(65)57-36-46(6)19-27-66(57)79/h11-40H,1-10H3. The Balaban J connectivity index is 1.36. The van der Waals surface area contributed by atoms with Crippen LogP contribution < -0.4 is 0 Å². The zero-order chi connectivity index (χ0) is 54.6. The summed E-state index contributed by atoms with van der Waals surface area (Å²) in [6, 6.07) is 67.2. The van der Waals surface area contributed by atoms with E-state index in [4.69, 9.17) is 9.97 Å². The highest BCUT2D eigenvalue weighted by molar-refractivity contribution is 6.19. The van der Waals surface area contributed by atoms with E-state index in [0.29, 0.717) is 0 Å². The van der Waals surface area contributed by atoms with E-state index in [-0.39, 0.29) is 0 Å². The van der Waals surface area contributed by atoms with Crippen LogP contribution in [-0.2, 0) is 0 Å². The topological polar surface area (TPSA) is 45.5 Å². The number of benzene rings is 9. The minimum Gasteiger partial charge on any atom is -0.308 e. The van der Waals surface area contributed by atoms with E-state index in [1.807, 2.05) is 12.3 Å². The normalized spacial score (nSPS) is 12.1. The average molecular weight is 1030 g/mol. The van der Waals surface area contributed by atoms with Crippen molar-refractivity contribution in [3.8, 4) is 45.1 Å². The van der Waals surface area contributed by atoms with Crippen molar-refractivity contribution >= 4 is 87.2 Å². The number of hydrogen-bond donors (Lipinski definition) is 0. The third-order valence-electron chi connectivity index (χ3n) is 16.9. The van der Waals surface area contributed by atoms with Gasteiger partial charge in [-0.3, -0.25) is 9.97 Å². The number of hydrogen-bond acceptors (Lipinski definition) is 2. The molecule has 6 aromatic heterocycles. The van der Waals surface area contributed by atoms with Crippen LogP contribution in [0.3, 0.4) is 0 Å². The maximum Gasteiger partial charge on any atom is 0.0962 e. The molecule has 0 aliphatic carbocycles. The van der Waals surface area contributed by atoms with Gasteiger partial charge in [-0.05, 0) is 196 Å². The predicted octanol–water partition coefficient (Wildman–Crippen LogP) is 19.3. The second kappa shape index (κ2) is 17.5. The predicted molar refractivity (Wildman–Crippen MR) is 338 cm³/mol. The zero-order valence-electron chi connectivity index (χ0n) is 47.0. The monoisotopic (exact) mass is 1030 g/mol. The Labute approximate surface area is 465 Å². The van der Waals surface area contributed by atoms with Gasteiger partial charge in [0.2, 0.25) is 0 Å². The number of fused-ring (bicyclic) bond motifs is 12. The zero-order valence-corrected chi connectivity index (χ0v) is 47.0. The SMILES string of the molecule is Cc1ccc2c(c1)c1cc(C)ccc1n2-c1c(-c2cc(C)nc(C)c2)c(-n2c3ccc(C)cc3c3cc(C)ccc32)c(-n2c3ccc(C)cc3c3cc(C)ccc32)c(-n2c3ccc(C)cc3c3cc(C)ccc32)c1-c1ccccn1. The summed E-state index contributed by atoms with van der Waals surface area (Å²) in [5.41, 5.74) is 28.7. The summed E-state index contributed by atoms with van der Waals surface area (Å²) in [7, 11) is 0. The molecule has 0 bridgehead atoms. The molecule has 80 heavy (non-hydrogen) atoms. The van der Waals surface area contributed by atoms with E-state index in [1.165, 1.54) is 87.6 Å². The Bertz CT molecular complexity index is 4910. The van der Waals surface area contributed by atoms with Crippen LogP contribution in [-0.4, -0.2) is 28.2 Å². The van der Waals surface area contributed by atoms with Crippen LogP contribution >= 0.6 is 0 Å². The Morgan fingerprint density at radius 1 is 0.263 bits per heavy atom. The first-order valence-corrected chi connectivity index (χ1v) is 28.0. The van der Waals surface area contributed by atoms with Gasteiger partial charge in [-0.1, -0.05) is 99.1 Å². The summed E-state index contributed by atoms with van der Waals surface area (Å²) < 4.78 is 10.4. The number of pyridine rings is 2. The molecule has 0 amide bonds. The summed E-state index contributed by atoms with van der Waals surface area (Å²) in [6.07, 6.45) is 1.97. The second-order valence-corrected chi connectivity index (χ2v) is 23.0. The quantitative estimate of drug-likeness (QED) is 0.167. The molecule has 0 saturated heterocycles. The van der Waals surface area contributed by atoms with E-state index >= 15 is 0 Å². The lowest BCUT2D eigenvalue weighted by Crippen LogP contribution is -2.16. The highest BCUT2D eigenvalue weighted by atomic mass is 15.1. The van der Waals surface area contributed by atoms with E-state index in [0.717, 1.165) is 101 Å². The highest BCUT2D eigenvalue weighted by Crippen LogP contribution is 2.54. The maximum absolute atomic E-state index is 5.56. The molecular weight excluding hydrogens is 973 g/mol. The van der Waals surface area contributed by atoms with Gasteiger partial charge >= 0.3 is 0 Å². The summed E-state index contributed by atoms with van der Waals surface area (Å²) in [4.78, 5) is 10.7. The number of nitrogens with zero attached hydrogens (tertiary/aromatic N) is 6. The number of rotatable bonds is 6. The molecule has 0 aliphatic rings. The van der Waals surface area contributed by atoms with Crippen LogP contribution in [0.5, 0.6) is 0 Å². The Morgan fingerprint density at radius 3 is 0.825 bits per heavy atom. The Kier molecular flexibility index (Phi) is 10.4. The Hall–Kier alpha value is -9.52.